The van der Waals surface area contributed by atoms with Crippen molar-refractivity contribution >= 4 is 39.2 Å². The summed E-state index contributed by atoms with van der Waals surface area (Å²) in [4.78, 5) is 26.8. The van der Waals surface area contributed by atoms with Gasteiger partial charge in [-0.05, 0) is 62.2 Å². The molecule has 3 aliphatic rings. The number of hydrogen-bond acceptors (Lipinski definition) is 4. The lowest BCUT2D eigenvalue weighted by Crippen LogP contribution is -2.53. The topological polar surface area (TPSA) is 76.8 Å². The average molecular weight is 420 g/mol. The van der Waals surface area contributed by atoms with E-state index in [4.69, 9.17) is 16.6 Å². The highest BCUT2D eigenvalue weighted by molar-refractivity contribution is 6.31. The van der Waals surface area contributed by atoms with Gasteiger partial charge < -0.3 is 20.2 Å². The number of H-pyrrole nitrogens is 2. The zero-order valence-electron chi connectivity index (χ0n) is 16.4. The van der Waals surface area contributed by atoms with Crippen LogP contribution in [0.4, 0.5) is 5.69 Å². The Kier molecular flexibility index (Phi) is 4.11. The summed E-state index contributed by atoms with van der Waals surface area (Å²) in [6.07, 6.45) is 2.39. The fourth-order valence-corrected chi connectivity index (χ4v) is 5.20. The van der Waals surface area contributed by atoms with Crippen molar-refractivity contribution in [2.75, 3.05) is 25.0 Å². The molecule has 0 saturated carbocycles. The third-order valence-corrected chi connectivity index (χ3v) is 6.82. The minimum absolute atomic E-state index is 0.160. The second-order valence-corrected chi connectivity index (χ2v) is 8.82. The minimum Gasteiger partial charge on any atom is -0.379 e. The van der Waals surface area contributed by atoms with Gasteiger partial charge in [0.2, 0.25) is 0 Å². The Morgan fingerprint density at radius 3 is 2.67 bits per heavy atom. The summed E-state index contributed by atoms with van der Waals surface area (Å²) in [7, 11) is 0. The van der Waals surface area contributed by atoms with Crippen molar-refractivity contribution in [1.29, 1.82) is 0 Å². The average Bonchev–Trinajstić information content (AvgIpc) is 3.19. The standard InChI is InChI=1S/C23H22ClN5O/c24-14-5-6-16-15(11-14)21(25-19-12-29-9-7-13(19)8-10-29)20(23(30)28-16)22-26-17-3-1-2-4-18(17)27-22/h1-6,11,13,19H,7-10,12H2,(H,26,27)(H2,25,28,30). The Balaban J connectivity index is 1.56. The van der Waals surface area contributed by atoms with Gasteiger partial charge in [0, 0.05) is 23.0 Å². The second-order valence-electron chi connectivity index (χ2n) is 8.39. The van der Waals surface area contributed by atoms with Crippen LogP contribution in [0.25, 0.3) is 33.3 Å². The fourth-order valence-electron chi connectivity index (χ4n) is 5.03. The van der Waals surface area contributed by atoms with Crippen LogP contribution in [0.3, 0.4) is 0 Å². The highest BCUT2D eigenvalue weighted by atomic mass is 35.5. The Hall–Kier alpha value is -2.83. The van der Waals surface area contributed by atoms with Crippen molar-refractivity contribution in [3.05, 3.63) is 57.8 Å². The summed E-state index contributed by atoms with van der Waals surface area (Å²) in [5.41, 5.74) is 3.71. The molecule has 1 unspecified atom stereocenters. The smallest absolute Gasteiger partial charge is 0.261 e. The molecular formula is C23H22ClN5O. The van der Waals surface area contributed by atoms with Gasteiger partial charge in [-0.25, -0.2) is 4.98 Å². The summed E-state index contributed by atoms with van der Waals surface area (Å²) in [6, 6.07) is 13.7. The molecule has 0 spiro atoms. The molecule has 0 radical (unpaired) electrons. The number of piperidine rings is 3. The van der Waals surface area contributed by atoms with Crippen molar-refractivity contribution in [2.45, 2.75) is 18.9 Å². The first-order valence-electron chi connectivity index (χ1n) is 10.5. The van der Waals surface area contributed by atoms with Crippen molar-refractivity contribution in [1.82, 2.24) is 19.9 Å². The van der Waals surface area contributed by atoms with Crippen LogP contribution in [0.15, 0.2) is 47.3 Å². The molecular weight excluding hydrogens is 398 g/mol. The van der Waals surface area contributed by atoms with Gasteiger partial charge in [-0.1, -0.05) is 23.7 Å². The van der Waals surface area contributed by atoms with Gasteiger partial charge in [0.25, 0.3) is 5.56 Å². The van der Waals surface area contributed by atoms with E-state index in [9.17, 15) is 4.79 Å². The SMILES string of the molecule is O=c1[nH]c2ccc(Cl)cc2c(NC2CN3CCC2CC3)c1-c1nc2ccccc2[nH]1. The van der Waals surface area contributed by atoms with Crippen LogP contribution in [0, 0.1) is 5.92 Å². The zero-order valence-corrected chi connectivity index (χ0v) is 17.2. The number of halogens is 1. The van der Waals surface area contributed by atoms with Gasteiger partial charge in [0.1, 0.15) is 11.4 Å². The number of nitrogens with zero attached hydrogens (tertiary/aromatic N) is 2. The Morgan fingerprint density at radius 1 is 1.07 bits per heavy atom. The number of rotatable bonds is 3. The molecule has 3 aliphatic heterocycles. The lowest BCUT2D eigenvalue weighted by molar-refractivity contribution is 0.0976. The van der Waals surface area contributed by atoms with Crippen molar-refractivity contribution in [3.8, 4) is 11.4 Å². The lowest BCUT2D eigenvalue weighted by Gasteiger charge is -2.45. The van der Waals surface area contributed by atoms with Gasteiger partial charge in [0.05, 0.1) is 22.2 Å². The summed E-state index contributed by atoms with van der Waals surface area (Å²) >= 11 is 6.35. The third kappa shape index (κ3) is 2.90. The number of benzene rings is 2. The maximum atomic E-state index is 13.2. The normalized spacial score (nSPS) is 23.3. The van der Waals surface area contributed by atoms with E-state index in [-0.39, 0.29) is 5.56 Å². The number of nitrogens with one attached hydrogen (secondary N) is 3. The number of para-hydroxylation sites is 2. The lowest BCUT2D eigenvalue weighted by atomic mass is 9.83. The van der Waals surface area contributed by atoms with Gasteiger partial charge >= 0.3 is 0 Å². The van der Waals surface area contributed by atoms with Gasteiger partial charge in [0.15, 0.2) is 0 Å². The summed E-state index contributed by atoms with van der Waals surface area (Å²) in [5, 5.41) is 5.31. The molecule has 2 aromatic carbocycles. The van der Waals surface area contributed by atoms with E-state index in [2.05, 4.69) is 20.2 Å². The van der Waals surface area contributed by atoms with Crippen molar-refractivity contribution in [2.24, 2.45) is 5.92 Å². The van der Waals surface area contributed by atoms with Crippen LogP contribution in [0.5, 0.6) is 0 Å². The monoisotopic (exact) mass is 419 g/mol. The third-order valence-electron chi connectivity index (χ3n) is 6.59. The summed E-state index contributed by atoms with van der Waals surface area (Å²) in [6.45, 7) is 3.33. The molecule has 2 aromatic heterocycles. The van der Waals surface area contributed by atoms with Crippen molar-refractivity contribution in [3.63, 3.8) is 0 Å². The zero-order chi connectivity index (χ0) is 20.2. The molecule has 7 rings (SSSR count). The first-order chi connectivity index (χ1) is 14.7. The van der Waals surface area contributed by atoms with Crippen LogP contribution in [0.1, 0.15) is 12.8 Å². The van der Waals surface area contributed by atoms with Gasteiger partial charge in [-0.3, -0.25) is 4.79 Å². The summed E-state index contributed by atoms with van der Waals surface area (Å²) in [5.74, 6) is 1.19. The number of imidazole rings is 1. The number of fused-ring (bicyclic) bond motifs is 5. The van der Waals surface area contributed by atoms with Crippen LogP contribution < -0.4 is 10.9 Å². The maximum Gasteiger partial charge on any atom is 0.261 e. The highest BCUT2D eigenvalue weighted by Crippen LogP contribution is 2.36. The number of aromatic amines is 2. The van der Waals surface area contributed by atoms with Crippen molar-refractivity contribution < 1.29 is 0 Å². The molecule has 0 aliphatic carbocycles. The Bertz CT molecular complexity index is 1290. The molecule has 6 nitrogen and oxygen atoms in total. The molecule has 3 N–H and O–H groups in total. The van der Waals surface area contributed by atoms with Crippen LogP contribution in [-0.4, -0.2) is 45.5 Å². The number of anilines is 1. The Labute approximate surface area is 178 Å². The first-order valence-corrected chi connectivity index (χ1v) is 10.8. The largest absolute Gasteiger partial charge is 0.379 e. The maximum absolute atomic E-state index is 13.2. The number of hydrogen-bond donors (Lipinski definition) is 3. The minimum atomic E-state index is -0.160. The quantitative estimate of drug-likeness (QED) is 0.464. The molecule has 3 saturated heterocycles. The predicted molar refractivity (Wildman–Crippen MR) is 121 cm³/mol. The molecule has 152 valence electrons. The van der Waals surface area contributed by atoms with E-state index in [1.54, 1.807) is 6.07 Å². The van der Waals surface area contributed by atoms with E-state index in [1.807, 2.05) is 36.4 Å². The molecule has 7 heteroatoms. The molecule has 30 heavy (non-hydrogen) atoms. The number of pyridine rings is 1. The van der Waals surface area contributed by atoms with Gasteiger partial charge in [-0.15, -0.1) is 0 Å². The van der Waals surface area contributed by atoms with E-state index >= 15 is 0 Å². The number of aromatic nitrogens is 3. The summed E-state index contributed by atoms with van der Waals surface area (Å²) < 4.78 is 0. The molecule has 3 fully saturated rings. The molecule has 1 atom stereocenters. The fraction of sp³-hybridized carbons (Fsp3) is 0.304. The Morgan fingerprint density at radius 2 is 1.90 bits per heavy atom. The van der Waals surface area contributed by atoms with E-state index in [0.29, 0.717) is 28.4 Å². The molecule has 0 amide bonds. The molecule has 4 aromatic rings. The van der Waals surface area contributed by atoms with E-state index in [1.165, 1.54) is 25.9 Å². The molecule has 2 bridgehead atoms. The first kappa shape index (κ1) is 18.0. The van der Waals surface area contributed by atoms with Crippen LogP contribution in [0.2, 0.25) is 5.02 Å². The molecule has 5 heterocycles. The highest BCUT2D eigenvalue weighted by Gasteiger charge is 2.35. The predicted octanol–water partition coefficient (Wildman–Crippen LogP) is 4.23. The van der Waals surface area contributed by atoms with E-state index in [0.717, 1.165) is 34.2 Å². The second kappa shape index (κ2) is 6.86. The van der Waals surface area contributed by atoms with Crippen LogP contribution in [-0.2, 0) is 0 Å². The van der Waals surface area contributed by atoms with E-state index < -0.39 is 0 Å². The van der Waals surface area contributed by atoms with Gasteiger partial charge in [-0.2, -0.15) is 0 Å². The van der Waals surface area contributed by atoms with Crippen LogP contribution >= 0.6 is 11.6 Å².